The summed E-state index contributed by atoms with van der Waals surface area (Å²) in [6, 6.07) is 10.5. The van der Waals surface area contributed by atoms with E-state index < -0.39 is 33.5 Å². The average molecular weight is 486 g/mol. The Labute approximate surface area is 198 Å². The van der Waals surface area contributed by atoms with E-state index in [0.717, 1.165) is 4.41 Å². The minimum absolute atomic E-state index is 0.0770. The van der Waals surface area contributed by atoms with Crippen LogP contribution in [0.1, 0.15) is 51.4 Å². The van der Waals surface area contributed by atoms with Crippen LogP contribution in [0.25, 0.3) is 10.9 Å². The molecule has 4 rings (SSSR count). The van der Waals surface area contributed by atoms with Gasteiger partial charge in [0.2, 0.25) is 0 Å². The molecule has 0 saturated heterocycles. The largest absolute Gasteiger partial charge is 0.459 e. The van der Waals surface area contributed by atoms with Crippen LogP contribution >= 0.6 is 0 Å². The van der Waals surface area contributed by atoms with E-state index in [4.69, 9.17) is 4.74 Å². The maximum absolute atomic E-state index is 14.4. The number of carbonyl (C=O) groups is 1. The highest BCUT2D eigenvalue weighted by atomic mass is 32.2. The first-order valence-corrected chi connectivity index (χ1v) is 12.5. The number of hydrogen-bond acceptors (Lipinski definition) is 5. The number of sulfonamides is 1. The van der Waals surface area contributed by atoms with Crippen LogP contribution in [0.15, 0.2) is 52.5 Å². The predicted molar refractivity (Wildman–Crippen MR) is 129 cm³/mol. The van der Waals surface area contributed by atoms with Gasteiger partial charge in [-0.15, -0.1) is 0 Å². The summed E-state index contributed by atoms with van der Waals surface area (Å²) in [4.78, 5) is 12.8. The molecule has 1 aliphatic rings. The third-order valence-electron chi connectivity index (χ3n) is 5.54. The second-order valence-electron chi connectivity index (χ2n) is 9.61. The number of halogens is 1. The van der Waals surface area contributed by atoms with E-state index in [2.05, 4.69) is 5.10 Å². The number of carbonyl (C=O) groups excluding carboxylic acids is 1. The molecule has 3 aromatic rings. The Balaban J connectivity index is 1.99. The summed E-state index contributed by atoms with van der Waals surface area (Å²) >= 11 is 0. The molecule has 2 aromatic carbocycles. The van der Waals surface area contributed by atoms with Gasteiger partial charge in [0.25, 0.3) is 10.0 Å². The van der Waals surface area contributed by atoms with E-state index in [-0.39, 0.29) is 11.4 Å². The second-order valence-corrected chi connectivity index (χ2v) is 11.4. The van der Waals surface area contributed by atoms with Crippen molar-refractivity contribution in [1.82, 2.24) is 8.98 Å². The SMILES string of the molecule is Cc1c(C2=NN(C(C)C)S(=O)(=O)c3ccccc32)c2cc(F)ccc2n1CC(=O)OC(C)(C)C. The third kappa shape index (κ3) is 4.09. The van der Waals surface area contributed by atoms with E-state index >= 15 is 0 Å². The molecule has 0 aliphatic carbocycles. The number of rotatable bonds is 4. The zero-order valence-corrected chi connectivity index (χ0v) is 20.9. The van der Waals surface area contributed by atoms with Crippen molar-refractivity contribution in [2.75, 3.05) is 0 Å². The fraction of sp³-hybridized carbons (Fsp3) is 0.360. The van der Waals surface area contributed by atoms with Gasteiger partial charge in [-0.2, -0.15) is 17.9 Å². The van der Waals surface area contributed by atoms with Gasteiger partial charge in [-0.1, -0.05) is 18.2 Å². The molecule has 0 saturated carbocycles. The minimum atomic E-state index is -3.84. The van der Waals surface area contributed by atoms with E-state index in [0.29, 0.717) is 33.4 Å². The highest BCUT2D eigenvalue weighted by molar-refractivity contribution is 7.89. The zero-order valence-electron chi connectivity index (χ0n) is 20.1. The van der Waals surface area contributed by atoms with Gasteiger partial charge in [0.1, 0.15) is 23.7 Å². The molecule has 1 aliphatic heterocycles. The standard InChI is InChI=1S/C25H28FN3O4S/c1-15(2)29-27-24(18-9-7-8-10-21(18)34(29,31)32)23-16(3)28(14-22(30)33-25(4,5)6)20-12-11-17(26)13-19(20)23/h7-13,15H,14H2,1-6H3. The highest BCUT2D eigenvalue weighted by Crippen LogP contribution is 2.35. The number of esters is 1. The Bertz CT molecular complexity index is 1430. The van der Waals surface area contributed by atoms with Crippen molar-refractivity contribution in [3.63, 3.8) is 0 Å². The van der Waals surface area contributed by atoms with Crippen molar-refractivity contribution in [1.29, 1.82) is 0 Å². The monoisotopic (exact) mass is 485 g/mol. The summed E-state index contributed by atoms with van der Waals surface area (Å²) in [6.45, 7) is 10.6. The van der Waals surface area contributed by atoms with Crippen molar-refractivity contribution in [3.8, 4) is 0 Å². The second kappa shape index (κ2) is 8.23. The summed E-state index contributed by atoms with van der Waals surface area (Å²) in [5.74, 6) is -0.873. The maximum atomic E-state index is 14.4. The van der Waals surface area contributed by atoms with Crippen molar-refractivity contribution in [2.24, 2.45) is 5.10 Å². The molecule has 0 atom stereocenters. The lowest BCUT2D eigenvalue weighted by Crippen LogP contribution is -2.38. The Hall–Kier alpha value is -3.20. The quantitative estimate of drug-likeness (QED) is 0.506. The van der Waals surface area contributed by atoms with Crippen LogP contribution in [0.4, 0.5) is 4.39 Å². The lowest BCUT2D eigenvalue weighted by Gasteiger charge is -2.29. The van der Waals surface area contributed by atoms with Crippen LogP contribution in [-0.4, -0.2) is 40.7 Å². The van der Waals surface area contributed by atoms with Crippen LogP contribution in [0.2, 0.25) is 0 Å². The zero-order chi connectivity index (χ0) is 25.0. The van der Waals surface area contributed by atoms with E-state index in [9.17, 15) is 17.6 Å². The molecular formula is C25H28FN3O4S. The van der Waals surface area contributed by atoms with Gasteiger partial charge < -0.3 is 9.30 Å². The summed E-state index contributed by atoms with van der Waals surface area (Å²) in [5.41, 5.74) is 2.05. The van der Waals surface area contributed by atoms with Crippen LogP contribution in [0, 0.1) is 12.7 Å². The smallest absolute Gasteiger partial charge is 0.326 e. The maximum Gasteiger partial charge on any atom is 0.326 e. The summed E-state index contributed by atoms with van der Waals surface area (Å²) < 4.78 is 49.1. The number of aromatic nitrogens is 1. The normalized spacial score (nSPS) is 15.4. The van der Waals surface area contributed by atoms with Gasteiger partial charge in [-0.25, -0.2) is 4.39 Å². The number of nitrogens with zero attached hydrogens (tertiary/aromatic N) is 3. The first-order valence-electron chi connectivity index (χ1n) is 11.0. The number of hydrazone groups is 1. The van der Waals surface area contributed by atoms with Crippen LogP contribution in [-0.2, 0) is 26.1 Å². The Morgan fingerprint density at radius 2 is 1.82 bits per heavy atom. The molecule has 34 heavy (non-hydrogen) atoms. The lowest BCUT2D eigenvalue weighted by molar-refractivity contribution is -0.155. The van der Waals surface area contributed by atoms with Gasteiger partial charge in [0, 0.05) is 27.7 Å². The average Bonchev–Trinajstić information content (AvgIpc) is 2.97. The van der Waals surface area contributed by atoms with Crippen molar-refractivity contribution >= 4 is 32.6 Å². The molecule has 180 valence electrons. The number of benzene rings is 2. The number of fused-ring (bicyclic) bond motifs is 2. The van der Waals surface area contributed by atoms with Crippen LogP contribution in [0.3, 0.4) is 0 Å². The molecule has 0 bridgehead atoms. The first kappa shape index (κ1) is 23.9. The number of ether oxygens (including phenoxy) is 1. The van der Waals surface area contributed by atoms with E-state index in [1.165, 1.54) is 12.1 Å². The predicted octanol–water partition coefficient (Wildman–Crippen LogP) is 4.60. The summed E-state index contributed by atoms with van der Waals surface area (Å²) in [5, 5.41) is 5.09. The summed E-state index contributed by atoms with van der Waals surface area (Å²) in [6.07, 6.45) is 0. The molecule has 0 amide bonds. The Kier molecular flexibility index (Phi) is 5.80. The topological polar surface area (TPSA) is 81.0 Å². The summed E-state index contributed by atoms with van der Waals surface area (Å²) in [7, 11) is -3.84. The van der Waals surface area contributed by atoms with Crippen molar-refractivity contribution in [2.45, 2.75) is 64.6 Å². The van der Waals surface area contributed by atoms with Gasteiger partial charge in [-0.05, 0) is 65.8 Å². The fourth-order valence-corrected chi connectivity index (χ4v) is 5.87. The molecular weight excluding hydrogens is 457 g/mol. The number of hydrogen-bond donors (Lipinski definition) is 0. The van der Waals surface area contributed by atoms with E-state index in [1.807, 2.05) is 6.92 Å². The Morgan fingerprint density at radius 1 is 1.15 bits per heavy atom. The van der Waals surface area contributed by atoms with E-state index in [1.54, 1.807) is 69.5 Å². The highest BCUT2D eigenvalue weighted by Gasteiger charge is 2.36. The minimum Gasteiger partial charge on any atom is -0.459 e. The van der Waals surface area contributed by atoms with Gasteiger partial charge in [0.05, 0.1) is 10.9 Å². The lowest BCUT2D eigenvalue weighted by atomic mass is 9.99. The molecule has 0 fully saturated rings. The Morgan fingerprint density at radius 3 is 2.47 bits per heavy atom. The van der Waals surface area contributed by atoms with Crippen LogP contribution < -0.4 is 0 Å². The first-order chi connectivity index (χ1) is 15.8. The molecule has 0 N–H and O–H groups in total. The molecule has 0 spiro atoms. The third-order valence-corrected chi connectivity index (χ3v) is 7.44. The van der Waals surface area contributed by atoms with Crippen molar-refractivity contribution < 1.29 is 22.3 Å². The van der Waals surface area contributed by atoms with Crippen molar-refractivity contribution in [3.05, 3.63) is 65.1 Å². The fourth-order valence-electron chi connectivity index (χ4n) is 4.23. The molecule has 2 heterocycles. The molecule has 0 unspecified atom stereocenters. The molecule has 7 nitrogen and oxygen atoms in total. The van der Waals surface area contributed by atoms with Gasteiger partial charge >= 0.3 is 5.97 Å². The van der Waals surface area contributed by atoms with Gasteiger partial charge in [0.15, 0.2) is 0 Å². The van der Waals surface area contributed by atoms with Gasteiger partial charge in [-0.3, -0.25) is 4.79 Å². The molecule has 1 aromatic heterocycles. The molecule has 0 radical (unpaired) electrons. The van der Waals surface area contributed by atoms with Crippen LogP contribution in [0.5, 0.6) is 0 Å². The molecule has 9 heteroatoms.